The summed E-state index contributed by atoms with van der Waals surface area (Å²) in [7, 11) is 0. The molecular formula is C18H18FN5O3. The molecule has 8 nitrogen and oxygen atoms in total. The van der Waals surface area contributed by atoms with Crippen LogP contribution in [-0.4, -0.2) is 28.9 Å². The minimum Gasteiger partial charge on any atom is -0.481 e. The third-order valence-corrected chi connectivity index (χ3v) is 3.78. The summed E-state index contributed by atoms with van der Waals surface area (Å²) in [4.78, 5) is 23.0. The molecule has 0 aliphatic carbocycles. The summed E-state index contributed by atoms with van der Waals surface area (Å²) in [5.41, 5.74) is 9.13. The van der Waals surface area contributed by atoms with E-state index in [9.17, 15) is 14.0 Å². The van der Waals surface area contributed by atoms with Crippen molar-refractivity contribution in [3.63, 3.8) is 0 Å². The number of aliphatic carboxylic acids is 1. The third kappa shape index (κ3) is 5.70. The van der Waals surface area contributed by atoms with Gasteiger partial charge in [-0.05, 0) is 35.2 Å². The van der Waals surface area contributed by atoms with Gasteiger partial charge in [0.1, 0.15) is 5.82 Å². The van der Waals surface area contributed by atoms with Gasteiger partial charge in [-0.25, -0.2) is 9.92 Å². The smallest absolute Gasteiger partial charge is 0.305 e. The number of hydrazone groups is 1. The van der Waals surface area contributed by atoms with Gasteiger partial charge in [0.05, 0.1) is 6.42 Å². The van der Waals surface area contributed by atoms with E-state index in [1.165, 1.54) is 12.1 Å². The molecule has 2 aromatic carbocycles. The Kier molecular flexibility index (Phi) is 6.70. The first-order chi connectivity index (χ1) is 12.9. The minimum atomic E-state index is -1.09. The zero-order valence-corrected chi connectivity index (χ0v) is 14.2. The van der Waals surface area contributed by atoms with Gasteiger partial charge in [0.15, 0.2) is 0 Å². The molecule has 0 aliphatic rings. The van der Waals surface area contributed by atoms with Crippen molar-refractivity contribution >= 4 is 17.7 Å². The lowest BCUT2D eigenvalue weighted by molar-refractivity contribution is -0.137. The van der Waals surface area contributed by atoms with Crippen LogP contribution in [0.15, 0.2) is 58.7 Å². The zero-order valence-electron chi connectivity index (χ0n) is 14.2. The first kappa shape index (κ1) is 19.7. The highest BCUT2D eigenvalue weighted by Gasteiger charge is 2.20. The number of carboxylic acid groups (broad SMARTS) is 1. The summed E-state index contributed by atoms with van der Waals surface area (Å²) in [5, 5.41) is 17.5. The SMILES string of the molecule is N=N/C(=N\N)C(=O)N[C@@H](CC(=O)O)Cc1ccc(-c2cccc(F)c2)cc1. The van der Waals surface area contributed by atoms with Crippen molar-refractivity contribution in [1.82, 2.24) is 5.32 Å². The van der Waals surface area contributed by atoms with Gasteiger partial charge in [-0.2, -0.15) is 5.10 Å². The number of hydrogen-bond donors (Lipinski definition) is 4. The Labute approximate surface area is 154 Å². The summed E-state index contributed by atoms with van der Waals surface area (Å²) in [5.74, 6) is 2.17. The highest BCUT2D eigenvalue weighted by Crippen LogP contribution is 2.21. The van der Waals surface area contributed by atoms with Crippen molar-refractivity contribution < 1.29 is 19.1 Å². The molecule has 2 aromatic rings. The van der Waals surface area contributed by atoms with Crippen molar-refractivity contribution in [2.24, 2.45) is 16.1 Å². The molecule has 0 aromatic heterocycles. The standard InChI is InChI=1S/C18H18FN5O3/c19-14-3-1-2-13(9-14)12-6-4-11(5-7-12)8-15(10-16(25)26)22-18(27)17(23-20)24-21/h1-7,9,15,20H,8,10,21H2,(H,22,27)(H,25,26)/b23-20?,24-17-/t15-/m1/s1. The molecule has 0 heterocycles. The van der Waals surface area contributed by atoms with Gasteiger partial charge in [-0.15, -0.1) is 5.11 Å². The Morgan fingerprint density at radius 3 is 2.44 bits per heavy atom. The van der Waals surface area contributed by atoms with Crippen LogP contribution in [0.1, 0.15) is 12.0 Å². The number of hydrogen-bond acceptors (Lipinski definition) is 5. The number of nitrogens with two attached hydrogens (primary N) is 1. The lowest BCUT2D eigenvalue weighted by Crippen LogP contribution is -2.41. The maximum Gasteiger partial charge on any atom is 0.305 e. The molecule has 0 radical (unpaired) electrons. The van der Waals surface area contributed by atoms with Gasteiger partial charge in [0.25, 0.3) is 11.7 Å². The number of amides is 1. The number of halogens is 1. The molecule has 1 atom stereocenters. The molecule has 0 unspecified atom stereocenters. The average molecular weight is 371 g/mol. The molecule has 0 spiro atoms. The Morgan fingerprint density at radius 2 is 1.89 bits per heavy atom. The predicted molar refractivity (Wildman–Crippen MR) is 96.5 cm³/mol. The van der Waals surface area contributed by atoms with E-state index < -0.39 is 23.8 Å². The summed E-state index contributed by atoms with van der Waals surface area (Å²) in [6, 6.07) is 12.6. The normalized spacial score (nSPS) is 12.3. The van der Waals surface area contributed by atoms with E-state index in [-0.39, 0.29) is 18.7 Å². The Bertz CT molecular complexity index is 868. The minimum absolute atomic E-state index is 0.233. The molecule has 0 saturated carbocycles. The van der Waals surface area contributed by atoms with Gasteiger partial charge in [-0.1, -0.05) is 36.4 Å². The van der Waals surface area contributed by atoms with Crippen LogP contribution in [-0.2, 0) is 16.0 Å². The number of amidine groups is 1. The summed E-state index contributed by atoms with van der Waals surface area (Å²) >= 11 is 0. The maximum absolute atomic E-state index is 13.3. The molecule has 1 amide bonds. The summed E-state index contributed by atoms with van der Waals surface area (Å²) < 4.78 is 13.3. The fraction of sp³-hybridized carbons (Fsp3) is 0.167. The van der Waals surface area contributed by atoms with Gasteiger partial charge in [-0.3, -0.25) is 9.59 Å². The van der Waals surface area contributed by atoms with Gasteiger partial charge in [0, 0.05) is 6.04 Å². The van der Waals surface area contributed by atoms with Crippen molar-refractivity contribution in [2.45, 2.75) is 18.9 Å². The molecular weight excluding hydrogens is 353 g/mol. The molecule has 0 fully saturated rings. The van der Waals surface area contributed by atoms with E-state index in [0.29, 0.717) is 0 Å². The number of nitrogens with zero attached hydrogens (tertiary/aromatic N) is 2. The Morgan fingerprint density at radius 1 is 1.19 bits per heavy atom. The van der Waals surface area contributed by atoms with Crippen molar-refractivity contribution in [2.75, 3.05) is 0 Å². The van der Waals surface area contributed by atoms with E-state index in [1.807, 2.05) is 0 Å². The number of rotatable bonds is 6. The van der Waals surface area contributed by atoms with E-state index in [4.69, 9.17) is 16.5 Å². The number of carbonyl (C=O) groups is 2. The first-order valence-corrected chi connectivity index (χ1v) is 7.95. The molecule has 0 aliphatic heterocycles. The molecule has 140 valence electrons. The largest absolute Gasteiger partial charge is 0.481 e. The number of carbonyl (C=O) groups excluding carboxylic acids is 1. The van der Waals surface area contributed by atoms with Crippen LogP contribution in [0.2, 0.25) is 0 Å². The lowest BCUT2D eigenvalue weighted by Gasteiger charge is -2.16. The van der Waals surface area contributed by atoms with Crippen molar-refractivity contribution in [3.8, 4) is 11.1 Å². The molecule has 5 N–H and O–H groups in total. The second-order valence-electron chi connectivity index (χ2n) is 5.74. The molecule has 9 heteroatoms. The Balaban J connectivity index is 2.13. The van der Waals surface area contributed by atoms with E-state index >= 15 is 0 Å². The van der Waals surface area contributed by atoms with Gasteiger partial charge < -0.3 is 16.3 Å². The topological polar surface area (TPSA) is 141 Å². The average Bonchev–Trinajstić information content (AvgIpc) is 2.62. The molecule has 0 saturated heterocycles. The van der Waals surface area contributed by atoms with Gasteiger partial charge in [0.2, 0.25) is 0 Å². The quantitative estimate of drug-likeness (QED) is 0.203. The second kappa shape index (κ2) is 9.18. The number of nitrogens with one attached hydrogen (secondary N) is 2. The molecule has 27 heavy (non-hydrogen) atoms. The highest BCUT2D eigenvalue weighted by molar-refractivity contribution is 6.38. The van der Waals surface area contributed by atoms with Crippen LogP contribution in [0.5, 0.6) is 0 Å². The summed E-state index contributed by atoms with van der Waals surface area (Å²) in [6.45, 7) is 0. The number of carboxylic acids is 1. The highest BCUT2D eigenvalue weighted by atomic mass is 19.1. The molecule has 2 rings (SSSR count). The number of benzene rings is 2. The zero-order chi connectivity index (χ0) is 19.8. The fourth-order valence-corrected chi connectivity index (χ4v) is 2.56. The maximum atomic E-state index is 13.3. The Hall–Kier alpha value is -3.62. The predicted octanol–water partition coefficient (Wildman–Crippen LogP) is 2.30. The monoisotopic (exact) mass is 371 g/mol. The lowest BCUT2D eigenvalue weighted by atomic mass is 9.99. The van der Waals surface area contributed by atoms with E-state index in [2.05, 4.69) is 15.5 Å². The van der Waals surface area contributed by atoms with Crippen LogP contribution >= 0.6 is 0 Å². The second-order valence-corrected chi connectivity index (χ2v) is 5.74. The van der Waals surface area contributed by atoms with Crippen LogP contribution in [0.4, 0.5) is 4.39 Å². The van der Waals surface area contributed by atoms with E-state index in [1.54, 1.807) is 36.4 Å². The van der Waals surface area contributed by atoms with Crippen LogP contribution in [0.3, 0.4) is 0 Å². The first-order valence-electron chi connectivity index (χ1n) is 7.95. The fourth-order valence-electron chi connectivity index (χ4n) is 2.56. The van der Waals surface area contributed by atoms with Crippen LogP contribution < -0.4 is 11.2 Å². The summed E-state index contributed by atoms with van der Waals surface area (Å²) in [6.07, 6.45) is -0.0927. The van der Waals surface area contributed by atoms with E-state index in [0.717, 1.165) is 16.7 Å². The van der Waals surface area contributed by atoms with Gasteiger partial charge >= 0.3 is 5.97 Å². The van der Waals surface area contributed by atoms with Crippen molar-refractivity contribution in [1.29, 1.82) is 5.53 Å². The third-order valence-electron chi connectivity index (χ3n) is 3.78. The van der Waals surface area contributed by atoms with Crippen LogP contribution in [0, 0.1) is 11.3 Å². The van der Waals surface area contributed by atoms with Crippen LogP contribution in [0.25, 0.3) is 11.1 Å². The molecule has 0 bridgehead atoms. The van der Waals surface area contributed by atoms with Crippen molar-refractivity contribution in [3.05, 3.63) is 59.9 Å².